The Hall–Kier alpha value is -3.07. The van der Waals surface area contributed by atoms with Crippen molar-refractivity contribution in [1.29, 1.82) is 0 Å². The zero-order valence-corrected chi connectivity index (χ0v) is 24.5. The summed E-state index contributed by atoms with van der Waals surface area (Å²) in [6.45, 7) is 4.67. The third kappa shape index (κ3) is 7.99. The maximum atomic E-state index is 13.9. The summed E-state index contributed by atoms with van der Waals surface area (Å²) in [5.74, 6) is 1.29. The molecule has 1 atom stereocenters. The number of carbonyl (C=O) groups is 2. The molecule has 3 amide bonds. The fourth-order valence-electron chi connectivity index (χ4n) is 6.24. The molecule has 0 unspecified atom stereocenters. The second kappa shape index (κ2) is 14.5. The van der Waals surface area contributed by atoms with Crippen LogP contribution in [0.1, 0.15) is 69.5 Å². The number of nitrogens with zero attached hydrogens (tertiary/aromatic N) is 3. The predicted octanol–water partition coefficient (Wildman–Crippen LogP) is 4.25. The molecule has 0 spiro atoms. The molecule has 1 saturated heterocycles. The summed E-state index contributed by atoms with van der Waals surface area (Å²) in [4.78, 5) is 33.0. The molecule has 2 aromatic rings. The molecular weight excluding hydrogens is 506 g/mol. The van der Waals surface area contributed by atoms with E-state index in [0.717, 1.165) is 42.9 Å². The van der Waals surface area contributed by atoms with Crippen LogP contribution >= 0.6 is 0 Å². The fraction of sp³-hybridized carbons (Fsp3) is 0.645. The monoisotopic (exact) mass is 553 g/mol. The van der Waals surface area contributed by atoms with Crippen LogP contribution in [0.2, 0.25) is 0 Å². The van der Waals surface area contributed by atoms with Gasteiger partial charge in [-0.1, -0.05) is 38.3 Å². The molecule has 1 aromatic heterocycles. The minimum Gasteiger partial charge on any atom is -0.497 e. The number of urea groups is 1. The molecule has 9 nitrogen and oxygen atoms in total. The summed E-state index contributed by atoms with van der Waals surface area (Å²) in [5.41, 5.74) is 1.75. The minimum absolute atomic E-state index is 0.0385. The Morgan fingerprint density at radius 2 is 1.85 bits per heavy atom. The van der Waals surface area contributed by atoms with Crippen molar-refractivity contribution in [2.24, 2.45) is 13.0 Å². The Morgan fingerprint density at radius 1 is 1.12 bits per heavy atom. The lowest BCUT2D eigenvalue weighted by Gasteiger charge is -2.48. The zero-order valence-electron chi connectivity index (χ0n) is 24.5. The summed E-state index contributed by atoms with van der Waals surface area (Å²) in [6, 6.07) is 6.65. The van der Waals surface area contributed by atoms with Gasteiger partial charge in [-0.15, -0.1) is 0 Å². The highest BCUT2D eigenvalue weighted by molar-refractivity contribution is 5.87. The van der Waals surface area contributed by atoms with E-state index in [1.165, 1.54) is 32.1 Å². The van der Waals surface area contributed by atoms with Gasteiger partial charge in [0.2, 0.25) is 5.91 Å². The molecule has 0 bridgehead atoms. The van der Waals surface area contributed by atoms with Gasteiger partial charge in [-0.05, 0) is 55.7 Å². The van der Waals surface area contributed by atoms with Gasteiger partial charge < -0.3 is 29.6 Å². The quantitative estimate of drug-likeness (QED) is 0.410. The van der Waals surface area contributed by atoms with Crippen LogP contribution in [0, 0.1) is 5.92 Å². The second-order valence-electron chi connectivity index (χ2n) is 11.4. The molecule has 9 heteroatoms. The fourth-order valence-corrected chi connectivity index (χ4v) is 6.24. The van der Waals surface area contributed by atoms with Crippen LogP contribution in [-0.2, 0) is 29.4 Å². The number of piperidine rings is 1. The summed E-state index contributed by atoms with van der Waals surface area (Å²) in [6.07, 6.45) is 13.7. The number of carbonyl (C=O) groups excluding carboxylic acids is 2. The maximum Gasteiger partial charge on any atom is 0.315 e. The van der Waals surface area contributed by atoms with Gasteiger partial charge in [0, 0.05) is 52.3 Å². The van der Waals surface area contributed by atoms with Gasteiger partial charge in [0.15, 0.2) is 0 Å². The van der Waals surface area contributed by atoms with Crippen LogP contribution < -0.4 is 15.4 Å². The number of aromatic nitrogens is 2. The van der Waals surface area contributed by atoms with E-state index in [1.807, 2.05) is 47.0 Å². The summed E-state index contributed by atoms with van der Waals surface area (Å²) < 4.78 is 13.7. The zero-order chi connectivity index (χ0) is 28.4. The average Bonchev–Trinajstić information content (AvgIpc) is 3.41. The van der Waals surface area contributed by atoms with Crippen molar-refractivity contribution in [2.75, 3.05) is 33.4 Å². The summed E-state index contributed by atoms with van der Waals surface area (Å²) >= 11 is 0. The van der Waals surface area contributed by atoms with Crippen LogP contribution in [0.4, 0.5) is 4.79 Å². The van der Waals surface area contributed by atoms with Crippen LogP contribution in [0.25, 0.3) is 0 Å². The number of methoxy groups -OCH3 is 1. The first-order valence-corrected chi connectivity index (χ1v) is 15.0. The van der Waals surface area contributed by atoms with Gasteiger partial charge in [-0.25, -0.2) is 9.78 Å². The Kier molecular flexibility index (Phi) is 10.9. The van der Waals surface area contributed by atoms with Gasteiger partial charge >= 0.3 is 6.03 Å². The van der Waals surface area contributed by atoms with E-state index in [1.54, 1.807) is 13.4 Å². The van der Waals surface area contributed by atoms with Gasteiger partial charge in [-0.3, -0.25) is 4.79 Å². The second-order valence-corrected chi connectivity index (χ2v) is 11.4. The molecule has 1 aliphatic carbocycles. The molecule has 2 N–H and O–H groups in total. The molecule has 0 radical (unpaired) electrons. The minimum atomic E-state index is -0.665. The maximum absolute atomic E-state index is 13.9. The number of benzene rings is 1. The number of likely N-dealkylation sites (tertiary alicyclic amines) is 1. The first-order chi connectivity index (χ1) is 19.4. The van der Waals surface area contributed by atoms with Crippen molar-refractivity contribution in [1.82, 2.24) is 25.1 Å². The van der Waals surface area contributed by atoms with Crippen molar-refractivity contribution < 1.29 is 19.1 Å². The number of imidazole rings is 1. The third-order valence-electron chi connectivity index (χ3n) is 8.49. The molecule has 1 aromatic carbocycles. The Bertz CT molecular complexity index is 1070. The van der Waals surface area contributed by atoms with Crippen LogP contribution in [0.3, 0.4) is 0 Å². The number of rotatable bonds is 12. The van der Waals surface area contributed by atoms with Crippen LogP contribution in [-0.4, -0.2) is 71.4 Å². The highest BCUT2D eigenvalue weighted by atomic mass is 16.5. The molecule has 1 aliphatic heterocycles. The van der Waals surface area contributed by atoms with E-state index in [4.69, 9.17) is 9.47 Å². The lowest BCUT2D eigenvalue weighted by Crippen LogP contribution is -2.57. The highest BCUT2D eigenvalue weighted by Crippen LogP contribution is 2.42. The Labute approximate surface area is 239 Å². The lowest BCUT2D eigenvalue weighted by atomic mass is 9.72. The van der Waals surface area contributed by atoms with Crippen molar-refractivity contribution in [2.45, 2.75) is 82.8 Å². The number of ether oxygens (including phenoxy) is 2. The SMILES string of the molecule is CCCOC1(C2CCCCC2)CCN(C(=O)[C@@H](Cc2ccc(OC)cc2)NC(=O)NCCc2cn(C)cn2)CC1. The smallest absolute Gasteiger partial charge is 0.315 e. The number of hydrogen-bond acceptors (Lipinski definition) is 5. The predicted molar refractivity (Wildman–Crippen MR) is 155 cm³/mol. The molecule has 2 heterocycles. The Morgan fingerprint density at radius 3 is 2.48 bits per heavy atom. The van der Waals surface area contributed by atoms with E-state index in [9.17, 15) is 9.59 Å². The van der Waals surface area contributed by atoms with Crippen LogP contribution in [0.5, 0.6) is 5.75 Å². The van der Waals surface area contributed by atoms with Crippen LogP contribution in [0.15, 0.2) is 36.8 Å². The molecule has 4 rings (SSSR count). The van der Waals surface area contributed by atoms with Crippen molar-refractivity contribution in [3.05, 3.63) is 48.0 Å². The highest BCUT2D eigenvalue weighted by Gasteiger charge is 2.44. The number of hydrogen-bond donors (Lipinski definition) is 2. The number of amides is 3. The number of aryl methyl sites for hydroxylation is 1. The standard InChI is InChI=1S/C31H47N5O4/c1-4-20-40-31(25-8-6-5-7-9-25)15-18-36(19-16-31)29(37)28(21-24-10-12-27(39-3)13-11-24)34-30(38)32-17-14-26-22-35(2)23-33-26/h10-13,22-23,25,28H,4-9,14-21H2,1-3H3,(H2,32,34,38)/t28-/m1/s1. The van der Waals surface area contributed by atoms with E-state index in [2.05, 4.69) is 22.5 Å². The first-order valence-electron chi connectivity index (χ1n) is 15.0. The van der Waals surface area contributed by atoms with Crippen molar-refractivity contribution >= 4 is 11.9 Å². The van der Waals surface area contributed by atoms with E-state index in [-0.39, 0.29) is 17.5 Å². The largest absolute Gasteiger partial charge is 0.497 e. The molecule has 2 aliphatic rings. The summed E-state index contributed by atoms with van der Waals surface area (Å²) in [5, 5.41) is 5.87. The summed E-state index contributed by atoms with van der Waals surface area (Å²) in [7, 11) is 3.55. The molecule has 2 fully saturated rings. The van der Waals surface area contributed by atoms with E-state index < -0.39 is 6.04 Å². The lowest BCUT2D eigenvalue weighted by molar-refractivity contribution is -0.149. The third-order valence-corrected chi connectivity index (χ3v) is 8.49. The first kappa shape index (κ1) is 29.9. The van der Waals surface area contributed by atoms with Gasteiger partial charge in [0.1, 0.15) is 11.8 Å². The van der Waals surface area contributed by atoms with Gasteiger partial charge in [-0.2, -0.15) is 0 Å². The van der Waals surface area contributed by atoms with Crippen molar-refractivity contribution in [3.63, 3.8) is 0 Å². The molecule has 40 heavy (non-hydrogen) atoms. The average molecular weight is 554 g/mol. The normalized spacial score (nSPS) is 18.2. The van der Waals surface area contributed by atoms with Crippen molar-refractivity contribution in [3.8, 4) is 5.75 Å². The molecule has 220 valence electrons. The van der Waals surface area contributed by atoms with Gasteiger partial charge in [0.25, 0.3) is 0 Å². The molecule has 1 saturated carbocycles. The molecular formula is C31H47N5O4. The Balaban J connectivity index is 1.40. The van der Waals surface area contributed by atoms with Gasteiger partial charge in [0.05, 0.1) is 24.7 Å². The van der Waals surface area contributed by atoms with E-state index in [0.29, 0.717) is 38.4 Å². The topological polar surface area (TPSA) is 97.7 Å². The van der Waals surface area contributed by atoms with E-state index >= 15 is 0 Å². The number of nitrogens with one attached hydrogen (secondary N) is 2.